The Balaban J connectivity index is 0.00000341. The fraction of sp³-hybridized carbons (Fsp3) is 0.304. The molecule has 1 aromatic heterocycles. The van der Waals surface area contributed by atoms with Gasteiger partial charge in [-0.3, -0.25) is 9.79 Å². The van der Waals surface area contributed by atoms with Gasteiger partial charge in [0.1, 0.15) is 6.10 Å². The van der Waals surface area contributed by atoms with Gasteiger partial charge in [-0.1, -0.05) is 48.5 Å². The van der Waals surface area contributed by atoms with E-state index >= 15 is 0 Å². The van der Waals surface area contributed by atoms with Gasteiger partial charge in [-0.15, -0.1) is 35.3 Å². The van der Waals surface area contributed by atoms with Gasteiger partial charge in [0, 0.05) is 36.3 Å². The largest absolute Gasteiger partial charge is 0.386 e. The Morgan fingerprint density at radius 3 is 2.52 bits per heavy atom. The summed E-state index contributed by atoms with van der Waals surface area (Å²) in [7, 11) is 1.65. The predicted octanol–water partition coefficient (Wildman–Crippen LogP) is 3.77. The summed E-state index contributed by atoms with van der Waals surface area (Å²) in [5.74, 6) is 0.480. The second-order valence-corrected chi connectivity index (χ2v) is 8.02. The summed E-state index contributed by atoms with van der Waals surface area (Å²) in [6.45, 7) is 3.62. The Kier molecular flexibility index (Phi) is 10.2. The lowest BCUT2D eigenvalue weighted by atomic mass is 10.2. The van der Waals surface area contributed by atoms with Crippen LogP contribution in [0, 0.1) is 0 Å². The number of thiophene rings is 1. The number of rotatable bonds is 8. The summed E-state index contributed by atoms with van der Waals surface area (Å²) in [4.78, 5) is 19.4. The van der Waals surface area contributed by atoms with E-state index in [0.717, 1.165) is 20.5 Å². The quantitative estimate of drug-likeness (QED) is 0.226. The van der Waals surface area contributed by atoms with Crippen molar-refractivity contribution in [3.63, 3.8) is 0 Å². The third-order valence-corrected chi connectivity index (χ3v) is 6.03. The molecule has 1 atom stereocenters. The third-order valence-electron chi connectivity index (χ3n) is 4.82. The van der Waals surface area contributed by atoms with Gasteiger partial charge >= 0.3 is 0 Å². The number of nitrogens with zero attached hydrogens (tertiary/aromatic N) is 2. The fourth-order valence-electron chi connectivity index (χ4n) is 3.13. The van der Waals surface area contributed by atoms with Crippen LogP contribution in [0.25, 0.3) is 10.1 Å². The monoisotopic (exact) mass is 552 g/mol. The van der Waals surface area contributed by atoms with Gasteiger partial charge in [-0.25, -0.2) is 0 Å². The Bertz CT molecular complexity index is 960. The first-order valence-corrected chi connectivity index (χ1v) is 10.8. The molecule has 0 aliphatic carbocycles. The van der Waals surface area contributed by atoms with Crippen LogP contribution in [0.15, 0.2) is 65.7 Å². The fourth-order valence-corrected chi connectivity index (χ4v) is 4.18. The number of halogens is 1. The number of benzene rings is 2. The summed E-state index contributed by atoms with van der Waals surface area (Å²) in [5.41, 5.74) is 1.10. The minimum atomic E-state index is -0.651. The highest BCUT2D eigenvalue weighted by Crippen LogP contribution is 2.29. The van der Waals surface area contributed by atoms with Gasteiger partial charge in [0.25, 0.3) is 0 Å². The SMILES string of the molecule is CCN(Cc1ccccc1)C(=O)CNC(=NC)NCC(O)c1cc2ccccc2s1.I. The molecular weight excluding hydrogens is 523 g/mol. The lowest BCUT2D eigenvalue weighted by Crippen LogP contribution is -2.45. The van der Waals surface area contributed by atoms with E-state index in [-0.39, 0.29) is 36.4 Å². The average Bonchev–Trinajstić information content (AvgIpc) is 3.22. The number of hydrogen-bond donors (Lipinski definition) is 3. The van der Waals surface area contributed by atoms with Crippen molar-refractivity contribution in [1.82, 2.24) is 15.5 Å². The second kappa shape index (κ2) is 12.6. The van der Waals surface area contributed by atoms with Crippen LogP contribution >= 0.6 is 35.3 Å². The van der Waals surface area contributed by atoms with E-state index < -0.39 is 6.10 Å². The standard InChI is InChI=1S/C23H28N4O2S.HI/c1-3-27(16-17-9-5-4-6-10-17)22(29)15-26-23(24-2)25-14-19(28)21-13-18-11-7-8-12-20(18)30-21;/h4-13,19,28H,3,14-16H2,1-2H3,(H2,24,25,26);1H. The van der Waals surface area contributed by atoms with Crippen LogP contribution in [0.2, 0.25) is 0 Å². The molecule has 0 fully saturated rings. The minimum Gasteiger partial charge on any atom is -0.386 e. The van der Waals surface area contributed by atoms with Crippen LogP contribution < -0.4 is 10.6 Å². The number of aliphatic hydroxyl groups is 1. The van der Waals surface area contributed by atoms with Crippen LogP contribution in [0.5, 0.6) is 0 Å². The molecule has 0 aliphatic rings. The third kappa shape index (κ3) is 7.19. The zero-order valence-corrected chi connectivity index (χ0v) is 20.9. The lowest BCUT2D eigenvalue weighted by molar-refractivity contribution is -0.130. The number of carbonyl (C=O) groups excluding carboxylic acids is 1. The Morgan fingerprint density at radius 2 is 1.84 bits per heavy atom. The van der Waals surface area contributed by atoms with Gasteiger partial charge in [-0.05, 0) is 30.0 Å². The van der Waals surface area contributed by atoms with Gasteiger partial charge in [0.2, 0.25) is 5.91 Å². The normalized spacial score (nSPS) is 12.2. The highest BCUT2D eigenvalue weighted by Gasteiger charge is 2.15. The number of guanidine groups is 1. The maximum absolute atomic E-state index is 12.6. The first kappa shape index (κ1) is 25.1. The van der Waals surface area contributed by atoms with Crippen LogP contribution in [-0.4, -0.2) is 48.6 Å². The van der Waals surface area contributed by atoms with Crippen molar-refractivity contribution >= 4 is 57.3 Å². The number of amides is 1. The maximum Gasteiger partial charge on any atom is 0.242 e. The minimum absolute atomic E-state index is 0. The highest BCUT2D eigenvalue weighted by molar-refractivity contribution is 14.0. The Hall–Kier alpha value is -2.17. The van der Waals surface area contributed by atoms with Crippen LogP contribution in [-0.2, 0) is 11.3 Å². The zero-order valence-electron chi connectivity index (χ0n) is 17.7. The summed E-state index contributed by atoms with van der Waals surface area (Å²) < 4.78 is 1.15. The summed E-state index contributed by atoms with van der Waals surface area (Å²) >= 11 is 1.58. The molecule has 2 aromatic carbocycles. The highest BCUT2D eigenvalue weighted by atomic mass is 127. The molecule has 1 amide bonds. The Morgan fingerprint density at radius 1 is 1.13 bits per heavy atom. The molecular formula is C23H29IN4O2S. The van der Waals surface area contributed by atoms with Crippen molar-refractivity contribution in [3.05, 3.63) is 71.1 Å². The molecule has 0 bridgehead atoms. The van der Waals surface area contributed by atoms with E-state index in [1.165, 1.54) is 0 Å². The number of carbonyl (C=O) groups is 1. The number of nitrogens with one attached hydrogen (secondary N) is 2. The molecule has 0 spiro atoms. The van der Waals surface area contributed by atoms with E-state index in [2.05, 4.69) is 15.6 Å². The molecule has 0 saturated heterocycles. The molecule has 3 N–H and O–H groups in total. The number of aliphatic hydroxyl groups excluding tert-OH is 1. The predicted molar refractivity (Wildman–Crippen MR) is 139 cm³/mol. The molecule has 166 valence electrons. The molecule has 1 unspecified atom stereocenters. The first-order valence-electron chi connectivity index (χ1n) is 10.0. The molecule has 8 heteroatoms. The van der Waals surface area contributed by atoms with E-state index in [0.29, 0.717) is 25.6 Å². The van der Waals surface area contributed by atoms with Crippen molar-refractivity contribution in [2.75, 3.05) is 26.7 Å². The smallest absolute Gasteiger partial charge is 0.242 e. The van der Waals surface area contributed by atoms with E-state index in [1.54, 1.807) is 23.3 Å². The van der Waals surface area contributed by atoms with Gasteiger partial charge < -0.3 is 20.6 Å². The summed E-state index contributed by atoms with van der Waals surface area (Å²) in [5, 5.41) is 17.8. The van der Waals surface area contributed by atoms with E-state index in [1.807, 2.05) is 67.6 Å². The van der Waals surface area contributed by atoms with Crippen molar-refractivity contribution in [2.24, 2.45) is 4.99 Å². The number of fused-ring (bicyclic) bond motifs is 1. The lowest BCUT2D eigenvalue weighted by Gasteiger charge is -2.22. The second-order valence-electron chi connectivity index (χ2n) is 6.90. The molecule has 0 radical (unpaired) electrons. The van der Waals surface area contributed by atoms with Crippen LogP contribution in [0.1, 0.15) is 23.5 Å². The van der Waals surface area contributed by atoms with Crippen LogP contribution in [0.4, 0.5) is 0 Å². The summed E-state index contributed by atoms with van der Waals surface area (Å²) in [6, 6.07) is 20.0. The van der Waals surface area contributed by atoms with Crippen LogP contribution in [0.3, 0.4) is 0 Å². The number of likely N-dealkylation sites (N-methyl/N-ethyl adjacent to an activating group) is 1. The molecule has 3 aromatic rings. The molecule has 0 saturated carbocycles. The molecule has 31 heavy (non-hydrogen) atoms. The molecule has 0 aliphatic heterocycles. The average molecular weight is 552 g/mol. The zero-order chi connectivity index (χ0) is 21.3. The summed E-state index contributed by atoms with van der Waals surface area (Å²) in [6.07, 6.45) is -0.651. The van der Waals surface area contributed by atoms with Crippen molar-refractivity contribution in [3.8, 4) is 0 Å². The molecule has 1 heterocycles. The van der Waals surface area contributed by atoms with Crippen molar-refractivity contribution < 1.29 is 9.90 Å². The first-order chi connectivity index (χ1) is 14.6. The van der Waals surface area contributed by atoms with E-state index in [9.17, 15) is 9.90 Å². The Labute approximate surface area is 204 Å². The number of aliphatic imine (C=N–C) groups is 1. The van der Waals surface area contributed by atoms with Gasteiger partial charge in [-0.2, -0.15) is 0 Å². The van der Waals surface area contributed by atoms with Crippen molar-refractivity contribution in [2.45, 2.75) is 19.6 Å². The van der Waals surface area contributed by atoms with Gasteiger partial charge in [0.15, 0.2) is 5.96 Å². The molecule has 6 nitrogen and oxygen atoms in total. The van der Waals surface area contributed by atoms with E-state index in [4.69, 9.17) is 0 Å². The maximum atomic E-state index is 12.6. The molecule has 3 rings (SSSR count). The van der Waals surface area contributed by atoms with Crippen molar-refractivity contribution in [1.29, 1.82) is 0 Å². The number of hydrogen-bond acceptors (Lipinski definition) is 4. The topological polar surface area (TPSA) is 77.0 Å². The van der Waals surface area contributed by atoms with Gasteiger partial charge in [0.05, 0.1) is 6.54 Å².